The first kappa shape index (κ1) is 14.5. The van der Waals surface area contributed by atoms with E-state index < -0.39 is 0 Å². The highest BCUT2D eigenvalue weighted by Gasteiger charge is 2.31. The number of imidazole rings is 1. The monoisotopic (exact) mass is 389 g/mol. The molecule has 0 N–H and O–H groups in total. The van der Waals surface area contributed by atoms with Gasteiger partial charge in [0.15, 0.2) is 0 Å². The van der Waals surface area contributed by atoms with E-state index in [0.717, 1.165) is 13.0 Å². The number of fused-ring (bicyclic) bond motifs is 1. The maximum absolute atomic E-state index is 12.4. The maximum atomic E-state index is 12.4. The van der Waals surface area contributed by atoms with E-state index >= 15 is 0 Å². The van der Waals surface area contributed by atoms with Crippen LogP contribution in [0.2, 0.25) is 0 Å². The van der Waals surface area contributed by atoms with Gasteiger partial charge in [-0.25, -0.2) is 9.36 Å². The van der Waals surface area contributed by atoms with Crippen LogP contribution in [0.15, 0.2) is 30.2 Å². The van der Waals surface area contributed by atoms with Gasteiger partial charge in [0.2, 0.25) is 0 Å². The number of thiophene rings is 1. The highest BCUT2D eigenvalue weighted by molar-refractivity contribution is 7.10. The van der Waals surface area contributed by atoms with Gasteiger partial charge in [-0.2, -0.15) is 4.57 Å². The highest BCUT2D eigenvalue weighted by atomic mass is 127. The van der Waals surface area contributed by atoms with Gasteiger partial charge in [-0.05, 0) is 30.4 Å². The Morgan fingerprint density at radius 1 is 1.53 bits per heavy atom. The second kappa shape index (κ2) is 5.62. The Kier molecular flexibility index (Phi) is 4.29. The summed E-state index contributed by atoms with van der Waals surface area (Å²) in [6.45, 7) is 2.90. The first-order chi connectivity index (χ1) is 8.66. The number of carbonyl (C=O) groups excluding carboxylic acids is 1. The third kappa shape index (κ3) is 2.55. The maximum Gasteiger partial charge on any atom is 0.416 e. The van der Waals surface area contributed by atoms with Crippen LogP contribution in [0.1, 0.15) is 23.4 Å². The minimum atomic E-state index is 0. The third-order valence-electron chi connectivity index (χ3n) is 3.51. The quantitative estimate of drug-likeness (QED) is 0.419. The van der Waals surface area contributed by atoms with E-state index in [2.05, 4.69) is 18.4 Å². The molecule has 0 fully saturated rings. The molecule has 0 aromatic carbocycles. The number of amides is 1. The molecule has 3 rings (SSSR count). The summed E-state index contributed by atoms with van der Waals surface area (Å²) in [5, 5.41) is 2.12. The van der Waals surface area contributed by atoms with Crippen LogP contribution in [0.5, 0.6) is 0 Å². The molecule has 1 unspecified atom stereocenters. The van der Waals surface area contributed by atoms with E-state index in [0.29, 0.717) is 0 Å². The summed E-state index contributed by atoms with van der Waals surface area (Å²) in [7, 11) is 1.92. The SMILES string of the molecule is CC1c2ccsc2CCN1C(=O)n1cc[n+](C)c1.[I-]. The number of hydrogen-bond acceptors (Lipinski definition) is 2. The largest absolute Gasteiger partial charge is 1.00 e. The Morgan fingerprint density at radius 2 is 2.32 bits per heavy atom. The molecule has 4 nitrogen and oxygen atoms in total. The summed E-state index contributed by atoms with van der Waals surface area (Å²) in [4.78, 5) is 15.8. The number of aromatic nitrogens is 2. The van der Waals surface area contributed by atoms with Crippen molar-refractivity contribution in [2.75, 3.05) is 6.54 Å². The van der Waals surface area contributed by atoms with Crippen molar-refractivity contribution in [2.24, 2.45) is 7.05 Å². The third-order valence-corrected chi connectivity index (χ3v) is 4.51. The molecule has 2 aromatic rings. The van der Waals surface area contributed by atoms with Gasteiger partial charge < -0.3 is 24.0 Å². The predicted octanol–water partition coefficient (Wildman–Crippen LogP) is -1.03. The van der Waals surface area contributed by atoms with Crippen LogP contribution >= 0.6 is 11.3 Å². The van der Waals surface area contributed by atoms with E-state index in [9.17, 15) is 4.79 Å². The van der Waals surface area contributed by atoms with Crippen molar-refractivity contribution in [3.8, 4) is 0 Å². The fourth-order valence-electron chi connectivity index (χ4n) is 2.48. The molecular weight excluding hydrogens is 373 g/mol. The number of carbonyl (C=O) groups is 1. The minimum absolute atomic E-state index is 0. The highest BCUT2D eigenvalue weighted by Crippen LogP contribution is 2.32. The van der Waals surface area contributed by atoms with Gasteiger partial charge >= 0.3 is 6.03 Å². The number of rotatable bonds is 0. The molecular formula is C13H16IN3OS. The van der Waals surface area contributed by atoms with Gasteiger partial charge in [0.05, 0.1) is 13.1 Å². The van der Waals surface area contributed by atoms with E-state index in [-0.39, 0.29) is 36.0 Å². The standard InChI is InChI=1S/C13H16N3OS.HI/c1-10-11-4-8-18-12(11)3-5-16(10)13(17)15-7-6-14(2)9-15;/h4,6-10H,3,5H2,1-2H3;1H/q+1;/p-1. The zero-order chi connectivity index (χ0) is 12.7. The number of hydrogen-bond donors (Lipinski definition) is 0. The van der Waals surface area contributed by atoms with Crippen LogP contribution in [-0.2, 0) is 13.5 Å². The van der Waals surface area contributed by atoms with Gasteiger partial charge in [0.1, 0.15) is 12.4 Å². The summed E-state index contributed by atoms with van der Waals surface area (Å²) >= 11 is 1.79. The molecule has 0 aliphatic carbocycles. The summed E-state index contributed by atoms with van der Waals surface area (Å²) in [5.74, 6) is 0. The zero-order valence-electron chi connectivity index (χ0n) is 10.9. The molecule has 0 saturated carbocycles. The molecule has 6 heteroatoms. The second-order valence-corrected chi connectivity index (χ2v) is 5.69. The first-order valence-corrected chi connectivity index (χ1v) is 6.95. The van der Waals surface area contributed by atoms with E-state index in [1.54, 1.807) is 28.4 Å². The molecule has 2 aromatic heterocycles. The van der Waals surface area contributed by atoms with Gasteiger partial charge in [0.25, 0.3) is 6.33 Å². The van der Waals surface area contributed by atoms with Gasteiger partial charge in [0, 0.05) is 11.4 Å². The Bertz CT molecular complexity index is 592. The Balaban J connectivity index is 0.00000133. The molecule has 102 valence electrons. The summed E-state index contributed by atoms with van der Waals surface area (Å²) in [5.41, 5.74) is 1.30. The molecule has 1 aliphatic heterocycles. The van der Waals surface area contributed by atoms with Crippen LogP contribution in [0.3, 0.4) is 0 Å². The smallest absolute Gasteiger partial charge is 0.416 e. The molecule has 0 bridgehead atoms. The van der Waals surface area contributed by atoms with Crippen LogP contribution in [0.25, 0.3) is 0 Å². The van der Waals surface area contributed by atoms with Crippen LogP contribution in [0, 0.1) is 0 Å². The summed E-state index contributed by atoms with van der Waals surface area (Å²) in [6, 6.07) is 2.36. The second-order valence-electron chi connectivity index (χ2n) is 4.69. The lowest BCUT2D eigenvalue weighted by molar-refractivity contribution is -0.670. The molecule has 1 amide bonds. The van der Waals surface area contributed by atoms with Crippen LogP contribution < -0.4 is 28.5 Å². The molecule has 19 heavy (non-hydrogen) atoms. The van der Waals surface area contributed by atoms with Crippen LogP contribution in [-0.4, -0.2) is 22.0 Å². The van der Waals surface area contributed by atoms with E-state index in [4.69, 9.17) is 0 Å². The first-order valence-electron chi connectivity index (χ1n) is 6.07. The normalized spacial score (nSPS) is 17.8. The molecule has 1 aliphatic rings. The van der Waals surface area contributed by atoms with Gasteiger partial charge in [-0.1, -0.05) is 0 Å². The summed E-state index contributed by atoms with van der Waals surface area (Å²) < 4.78 is 3.52. The average Bonchev–Trinajstić information content (AvgIpc) is 2.97. The number of halogens is 1. The Hall–Kier alpha value is -0.890. The van der Waals surface area contributed by atoms with Crippen molar-refractivity contribution in [1.82, 2.24) is 9.47 Å². The van der Waals surface area contributed by atoms with Crippen molar-refractivity contribution in [1.29, 1.82) is 0 Å². The van der Waals surface area contributed by atoms with Gasteiger partial charge in [-0.3, -0.25) is 4.90 Å². The fourth-order valence-corrected chi connectivity index (χ4v) is 3.45. The van der Waals surface area contributed by atoms with Crippen LogP contribution in [0.4, 0.5) is 4.79 Å². The zero-order valence-corrected chi connectivity index (χ0v) is 13.9. The Labute approximate surface area is 133 Å². The lowest BCUT2D eigenvalue weighted by Gasteiger charge is -2.31. The molecule has 3 heterocycles. The van der Waals surface area contributed by atoms with Crippen molar-refractivity contribution < 1.29 is 33.3 Å². The van der Waals surface area contributed by atoms with Crippen molar-refractivity contribution in [3.05, 3.63) is 40.6 Å². The molecule has 0 spiro atoms. The average molecular weight is 389 g/mol. The topological polar surface area (TPSA) is 29.1 Å². The van der Waals surface area contributed by atoms with Crippen molar-refractivity contribution >= 4 is 17.4 Å². The lowest BCUT2D eigenvalue weighted by atomic mass is 10.0. The number of nitrogens with zero attached hydrogens (tertiary/aromatic N) is 3. The number of aryl methyl sites for hydroxylation is 1. The molecule has 1 atom stereocenters. The van der Waals surface area contributed by atoms with Gasteiger partial charge in [-0.15, -0.1) is 11.3 Å². The Morgan fingerprint density at radius 3 is 3.00 bits per heavy atom. The van der Waals surface area contributed by atoms with E-state index in [1.165, 1.54) is 10.4 Å². The lowest BCUT2D eigenvalue weighted by Crippen LogP contribution is -3.00. The molecule has 0 radical (unpaired) electrons. The van der Waals surface area contributed by atoms with Crippen molar-refractivity contribution in [3.63, 3.8) is 0 Å². The van der Waals surface area contributed by atoms with Crippen molar-refractivity contribution in [2.45, 2.75) is 19.4 Å². The van der Waals surface area contributed by atoms with E-state index in [1.807, 2.05) is 22.7 Å². The molecule has 0 saturated heterocycles. The fraction of sp³-hybridized carbons (Fsp3) is 0.385. The summed E-state index contributed by atoms with van der Waals surface area (Å²) in [6.07, 6.45) is 6.45. The predicted molar refractivity (Wildman–Crippen MR) is 69.5 cm³/mol. The minimum Gasteiger partial charge on any atom is -1.00 e.